The molecule has 2 rings (SSSR count). The summed E-state index contributed by atoms with van der Waals surface area (Å²) in [6, 6.07) is 3.07. The third-order valence-corrected chi connectivity index (χ3v) is 3.22. The second kappa shape index (κ2) is 5.98. The lowest BCUT2D eigenvalue weighted by Crippen LogP contribution is -2.37. The van der Waals surface area contributed by atoms with E-state index in [0.29, 0.717) is 5.92 Å². The number of amides is 1. The Hall–Kier alpha value is -1.98. The highest BCUT2D eigenvalue weighted by atomic mass is 19.1. The lowest BCUT2D eigenvalue weighted by Gasteiger charge is -2.12. The van der Waals surface area contributed by atoms with Gasteiger partial charge >= 0.3 is 5.97 Å². The van der Waals surface area contributed by atoms with E-state index in [1.54, 1.807) is 0 Å². The minimum Gasteiger partial charge on any atom is -0.452 e. The van der Waals surface area contributed by atoms with Crippen LogP contribution in [0.25, 0.3) is 0 Å². The summed E-state index contributed by atoms with van der Waals surface area (Å²) in [4.78, 5) is 23.1. The molecule has 6 heteroatoms. The van der Waals surface area contributed by atoms with E-state index in [-0.39, 0.29) is 6.04 Å². The van der Waals surface area contributed by atoms with Gasteiger partial charge in [0.15, 0.2) is 6.61 Å². The van der Waals surface area contributed by atoms with Crippen molar-refractivity contribution in [3.8, 4) is 0 Å². The molecule has 0 saturated heterocycles. The van der Waals surface area contributed by atoms with Crippen molar-refractivity contribution < 1.29 is 23.1 Å². The van der Waals surface area contributed by atoms with E-state index in [1.165, 1.54) is 0 Å². The number of halogens is 2. The molecule has 0 radical (unpaired) electrons. The Morgan fingerprint density at radius 1 is 1.35 bits per heavy atom. The molecule has 1 saturated carbocycles. The van der Waals surface area contributed by atoms with Gasteiger partial charge in [0.2, 0.25) is 0 Å². The summed E-state index contributed by atoms with van der Waals surface area (Å²) in [7, 11) is 0. The Balaban J connectivity index is 1.87. The van der Waals surface area contributed by atoms with Crippen molar-refractivity contribution in [2.45, 2.75) is 25.8 Å². The van der Waals surface area contributed by atoms with Gasteiger partial charge in [0.25, 0.3) is 5.91 Å². The van der Waals surface area contributed by atoms with Gasteiger partial charge in [0, 0.05) is 6.04 Å². The molecule has 1 amide bonds. The molecule has 0 bridgehead atoms. The molecular formula is C14H15F2NO3. The van der Waals surface area contributed by atoms with E-state index in [9.17, 15) is 18.4 Å². The van der Waals surface area contributed by atoms with Gasteiger partial charge < -0.3 is 10.1 Å². The van der Waals surface area contributed by atoms with E-state index < -0.39 is 35.7 Å². The molecule has 108 valence electrons. The zero-order chi connectivity index (χ0) is 14.7. The minimum atomic E-state index is -1.19. The highest BCUT2D eigenvalue weighted by Gasteiger charge is 2.29. The number of esters is 1. The van der Waals surface area contributed by atoms with Crippen LogP contribution in [0.2, 0.25) is 0 Å². The van der Waals surface area contributed by atoms with E-state index >= 15 is 0 Å². The van der Waals surface area contributed by atoms with Crippen molar-refractivity contribution in [1.82, 2.24) is 5.32 Å². The van der Waals surface area contributed by atoms with Gasteiger partial charge in [0.05, 0.1) is 0 Å². The molecule has 1 aromatic carbocycles. The maximum absolute atomic E-state index is 13.3. The Morgan fingerprint density at radius 2 is 1.95 bits per heavy atom. The largest absolute Gasteiger partial charge is 0.452 e. The minimum absolute atomic E-state index is 0.0198. The SMILES string of the molecule is C[C@@H](NC(=O)COC(=O)c1c(F)cccc1F)C1CC1. The number of nitrogens with one attached hydrogen (secondary N) is 1. The first-order valence-corrected chi connectivity index (χ1v) is 6.39. The van der Waals surface area contributed by atoms with Gasteiger partial charge in [-0.2, -0.15) is 0 Å². The number of ether oxygens (including phenoxy) is 1. The highest BCUT2D eigenvalue weighted by Crippen LogP contribution is 2.32. The van der Waals surface area contributed by atoms with Crippen LogP contribution in [-0.4, -0.2) is 24.5 Å². The summed E-state index contributed by atoms with van der Waals surface area (Å²) >= 11 is 0. The zero-order valence-corrected chi connectivity index (χ0v) is 11.0. The quantitative estimate of drug-likeness (QED) is 0.841. The molecule has 0 aliphatic heterocycles. The summed E-state index contributed by atoms with van der Waals surface area (Å²) in [6.45, 7) is 1.32. The fourth-order valence-electron chi connectivity index (χ4n) is 1.91. The van der Waals surface area contributed by atoms with Crippen LogP contribution < -0.4 is 5.32 Å². The van der Waals surface area contributed by atoms with Crippen molar-refractivity contribution in [3.05, 3.63) is 35.4 Å². The van der Waals surface area contributed by atoms with Gasteiger partial charge in [-0.15, -0.1) is 0 Å². The molecule has 0 unspecified atom stereocenters. The van der Waals surface area contributed by atoms with Crippen molar-refractivity contribution >= 4 is 11.9 Å². The lowest BCUT2D eigenvalue weighted by molar-refractivity contribution is -0.125. The summed E-state index contributed by atoms with van der Waals surface area (Å²) in [5.41, 5.74) is -0.782. The van der Waals surface area contributed by atoms with Crippen molar-refractivity contribution in [3.63, 3.8) is 0 Å². The molecule has 20 heavy (non-hydrogen) atoms. The van der Waals surface area contributed by atoms with Crippen LogP contribution in [0, 0.1) is 17.6 Å². The van der Waals surface area contributed by atoms with Crippen molar-refractivity contribution in [1.29, 1.82) is 0 Å². The van der Waals surface area contributed by atoms with Crippen molar-refractivity contribution in [2.24, 2.45) is 5.92 Å². The van der Waals surface area contributed by atoms with E-state index in [0.717, 1.165) is 31.0 Å². The third-order valence-electron chi connectivity index (χ3n) is 3.22. The predicted molar refractivity (Wildman–Crippen MR) is 67.0 cm³/mol. The zero-order valence-electron chi connectivity index (χ0n) is 11.0. The smallest absolute Gasteiger partial charge is 0.344 e. The first-order chi connectivity index (χ1) is 9.49. The van der Waals surface area contributed by atoms with Gasteiger partial charge in [-0.25, -0.2) is 13.6 Å². The van der Waals surface area contributed by atoms with Crippen LogP contribution in [0.5, 0.6) is 0 Å². The standard InChI is InChI=1S/C14H15F2NO3/c1-8(9-5-6-9)17-12(18)7-20-14(19)13-10(15)3-2-4-11(13)16/h2-4,8-9H,5-7H2,1H3,(H,17,18)/t8-/m1/s1. The van der Waals surface area contributed by atoms with Gasteiger partial charge in [-0.1, -0.05) is 6.07 Å². The molecule has 1 N–H and O–H groups in total. The molecule has 1 aliphatic carbocycles. The number of carbonyl (C=O) groups excluding carboxylic acids is 2. The molecule has 1 fully saturated rings. The molecule has 4 nitrogen and oxygen atoms in total. The first-order valence-electron chi connectivity index (χ1n) is 6.39. The fraction of sp³-hybridized carbons (Fsp3) is 0.429. The number of carbonyl (C=O) groups is 2. The topological polar surface area (TPSA) is 55.4 Å². The Kier molecular flexibility index (Phi) is 4.32. The monoisotopic (exact) mass is 283 g/mol. The Labute approximate surface area is 115 Å². The van der Waals surface area contributed by atoms with Gasteiger partial charge in [0.1, 0.15) is 17.2 Å². The Bertz CT molecular complexity index is 509. The average molecular weight is 283 g/mol. The van der Waals surface area contributed by atoms with E-state index in [1.807, 2.05) is 6.92 Å². The second-order valence-corrected chi connectivity index (χ2v) is 4.87. The van der Waals surface area contributed by atoms with Crippen LogP contribution in [0.1, 0.15) is 30.1 Å². The second-order valence-electron chi connectivity index (χ2n) is 4.87. The van der Waals surface area contributed by atoms with Gasteiger partial charge in [-0.05, 0) is 37.8 Å². The molecule has 1 atom stereocenters. The molecule has 0 aromatic heterocycles. The third kappa shape index (κ3) is 3.53. The maximum Gasteiger partial charge on any atom is 0.344 e. The first kappa shape index (κ1) is 14.4. The maximum atomic E-state index is 13.3. The molecule has 1 aromatic rings. The van der Waals surface area contributed by atoms with Crippen LogP contribution in [0.15, 0.2) is 18.2 Å². The van der Waals surface area contributed by atoms with Gasteiger partial charge in [-0.3, -0.25) is 4.79 Å². The normalized spacial score (nSPS) is 15.6. The summed E-state index contributed by atoms with van der Waals surface area (Å²) in [6.07, 6.45) is 2.14. The fourth-order valence-corrected chi connectivity index (χ4v) is 1.91. The summed E-state index contributed by atoms with van der Waals surface area (Å²) in [5.74, 6) is -3.22. The number of rotatable bonds is 5. The predicted octanol–water partition coefficient (Wildman–Crippen LogP) is 2.04. The average Bonchev–Trinajstić information content (AvgIpc) is 3.20. The molecular weight excluding hydrogens is 268 g/mol. The van der Waals surface area contributed by atoms with Crippen LogP contribution in [0.4, 0.5) is 8.78 Å². The van der Waals surface area contributed by atoms with E-state index in [2.05, 4.69) is 10.1 Å². The van der Waals surface area contributed by atoms with E-state index in [4.69, 9.17) is 0 Å². The number of benzene rings is 1. The Morgan fingerprint density at radius 3 is 2.50 bits per heavy atom. The molecule has 1 aliphatic rings. The lowest BCUT2D eigenvalue weighted by atomic mass is 10.2. The molecule has 0 heterocycles. The van der Waals surface area contributed by atoms with Crippen LogP contribution in [-0.2, 0) is 9.53 Å². The summed E-state index contributed by atoms with van der Waals surface area (Å²) < 4.78 is 31.2. The molecule has 0 spiro atoms. The highest BCUT2D eigenvalue weighted by molar-refractivity contribution is 5.91. The van der Waals surface area contributed by atoms with Crippen molar-refractivity contribution in [2.75, 3.05) is 6.61 Å². The number of hydrogen-bond donors (Lipinski definition) is 1. The summed E-state index contributed by atoms with van der Waals surface area (Å²) in [5, 5.41) is 2.67. The van der Waals surface area contributed by atoms with Crippen LogP contribution in [0.3, 0.4) is 0 Å². The number of hydrogen-bond acceptors (Lipinski definition) is 3. The van der Waals surface area contributed by atoms with Crippen LogP contribution >= 0.6 is 0 Å².